The zero-order valence-electron chi connectivity index (χ0n) is 12.4. The molecule has 22 heavy (non-hydrogen) atoms. The molecular weight excluding hydrogens is 272 g/mol. The molecule has 2 aromatic heterocycles. The van der Waals surface area contributed by atoms with Crippen molar-refractivity contribution >= 4 is 22.3 Å². The van der Waals surface area contributed by atoms with Gasteiger partial charge in [-0.15, -0.1) is 0 Å². The Labute approximate surface area is 129 Å². The average molecular weight is 288 g/mol. The highest BCUT2D eigenvalue weighted by atomic mass is 15.0. The fourth-order valence-electron chi connectivity index (χ4n) is 2.85. The monoisotopic (exact) mass is 288 g/mol. The number of hydrogen-bond acceptors (Lipinski definition) is 4. The third kappa shape index (κ3) is 2.13. The van der Waals surface area contributed by atoms with E-state index >= 15 is 0 Å². The van der Waals surface area contributed by atoms with Crippen molar-refractivity contribution in [1.29, 1.82) is 0 Å². The van der Waals surface area contributed by atoms with Gasteiger partial charge >= 0.3 is 0 Å². The molecule has 1 N–H and O–H groups in total. The Morgan fingerprint density at radius 2 is 2.05 bits per heavy atom. The molecule has 4 rings (SSSR count). The first kappa shape index (κ1) is 13.0. The van der Waals surface area contributed by atoms with E-state index in [-0.39, 0.29) is 0 Å². The van der Waals surface area contributed by atoms with E-state index in [2.05, 4.69) is 51.5 Å². The third-order valence-electron chi connectivity index (χ3n) is 3.97. The van der Waals surface area contributed by atoms with Crippen molar-refractivity contribution in [2.75, 3.05) is 5.32 Å². The van der Waals surface area contributed by atoms with E-state index in [0.717, 1.165) is 29.3 Å². The number of aryl methyl sites for hydroxylation is 1. The summed E-state index contributed by atoms with van der Waals surface area (Å²) in [6, 6.07) is 12.4. The van der Waals surface area contributed by atoms with Crippen molar-refractivity contribution in [1.82, 2.24) is 9.97 Å². The second-order valence-electron chi connectivity index (χ2n) is 5.35. The fourth-order valence-corrected chi connectivity index (χ4v) is 2.85. The number of hydrogen-bond donors (Lipinski definition) is 1. The molecule has 0 fully saturated rings. The molecule has 1 aliphatic rings. The van der Waals surface area contributed by atoms with E-state index in [1.807, 2.05) is 18.3 Å². The lowest BCUT2D eigenvalue weighted by Gasteiger charge is -2.09. The van der Waals surface area contributed by atoms with Crippen molar-refractivity contribution in [2.45, 2.75) is 19.9 Å². The Morgan fingerprint density at radius 1 is 1.09 bits per heavy atom. The van der Waals surface area contributed by atoms with Crippen LogP contribution in [0.1, 0.15) is 23.9 Å². The van der Waals surface area contributed by atoms with Gasteiger partial charge in [0.15, 0.2) is 5.84 Å². The standard InChI is InChI=1S/C18H16N4/c1-2-16-15-6-5-14(10-12(15)7-9-19-16)22-18-17-13(11-21-18)4-3-8-20-17/h3-10H,2,11H2,1H3,(H,21,22). The van der Waals surface area contributed by atoms with Gasteiger partial charge in [-0.25, -0.2) is 0 Å². The van der Waals surface area contributed by atoms with Gasteiger partial charge in [0.05, 0.1) is 6.54 Å². The van der Waals surface area contributed by atoms with Crippen LogP contribution in [0.25, 0.3) is 10.8 Å². The number of amidine groups is 1. The molecule has 0 radical (unpaired) electrons. The molecule has 0 unspecified atom stereocenters. The summed E-state index contributed by atoms with van der Waals surface area (Å²) in [5.74, 6) is 0.847. The largest absolute Gasteiger partial charge is 0.339 e. The Bertz CT molecular complexity index is 883. The molecule has 3 aromatic rings. The first-order chi connectivity index (χ1) is 10.8. The topological polar surface area (TPSA) is 50.2 Å². The van der Waals surface area contributed by atoms with Crippen molar-refractivity contribution in [2.24, 2.45) is 4.99 Å². The molecule has 0 saturated heterocycles. The summed E-state index contributed by atoms with van der Waals surface area (Å²) in [7, 11) is 0. The van der Waals surface area contributed by atoms with E-state index in [0.29, 0.717) is 6.54 Å². The Morgan fingerprint density at radius 3 is 2.95 bits per heavy atom. The molecule has 4 nitrogen and oxygen atoms in total. The Kier molecular flexibility index (Phi) is 3.07. The molecular formula is C18H16N4. The van der Waals surface area contributed by atoms with Crippen LogP contribution in [-0.4, -0.2) is 15.8 Å². The summed E-state index contributed by atoms with van der Waals surface area (Å²) in [6.07, 6.45) is 4.62. The lowest BCUT2D eigenvalue weighted by atomic mass is 10.1. The molecule has 108 valence electrons. The second-order valence-corrected chi connectivity index (χ2v) is 5.35. The van der Waals surface area contributed by atoms with Gasteiger partial charge in [-0.3, -0.25) is 15.0 Å². The number of rotatable bonds is 2. The predicted octanol–water partition coefficient (Wildman–Crippen LogP) is 3.56. The van der Waals surface area contributed by atoms with Crippen LogP contribution in [0.2, 0.25) is 0 Å². The average Bonchev–Trinajstić information content (AvgIpc) is 2.97. The zero-order chi connectivity index (χ0) is 14.9. The number of benzene rings is 1. The molecule has 0 amide bonds. The van der Waals surface area contributed by atoms with E-state index in [1.54, 1.807) is 6.20 Å². The molecule has 3 heterocycles. The van der Waals surface area contributed by atoms with Crippen molar-refractivity contribution in [3.63, 3.8) is 0 Å². The molecule has 0 saturated carbocycles. The third-order valence-corrected chi connectivity index (χ3v) is 3.97. The van der Waals surface area contributed by atoms with Gasteiger partial charge in [0.25, 0.3) is 0 Å². The first-order valence-corrected chi connectivity index (χ1v) is 7.48. The minimum atomic E-state index is 0.697. The van der Waals surface area contributed by atoms with Gasteiger partial charge in [-0.2, -0.15) is 0 Å². The molecule has 1 aromatic carbocycles. The maximum atomic E-state index is 4.54. The highest BCUT2D eigenvalue weighted by Gasteiger charge is 2.16. The van der Waals surface area contributed by atoms with Crippen LogP contribution in [0.3, 0.4) is 0 Å². The minimum Gasteiger partial charge on any atom is -0.339 e. The van der Waals surface area contributed by atoms with Crippen LogP contribution in [0.4, 0.5) is 5.69 Å². The van der Waals surface area contributed by atoms with E-state index in [9.17, 15) is 0 Å². The summed E-state index contributed by atoms with van der Waals surface area (Å²) in [5.41, 5.74) is 4.28. The number of anilines is 1. The number of pyridine rings is 2. The maximum Gasteiger partial charge on any atom is 0.152 e. The van der Waals surface area contributed by atoms with Gasteiger partial charge in [0.2, 0.25) is 0 Å². The summed E-state index contributed by atoms with van der Waals surface area (Å²) in [6.45, 7) is 2.83. The van der Waals surface area contributed by atoms with Crippen LogP contribution in [0.15, 0.2) is 53.8 Å². The van der Waals surface area contributed by atoms with Crippen LogP contribution < -0.4 is 5.32 Å². The van der Waals surface area contributed by atoms with Crippen molar-refractivity contribution in [3.8, 4) is 0 Å². The highest BCUT2D eigenvalue weighted by Crippen LogP contribution is 2.23. The van der Waals surface area contributed by atoms with Crippen molar-refractivity contribution < 1.29 is 0 Å². The van der Waals surface area contributed by atoms with Crippen LogP contribution in [-0.2, 0) is 13.0 Å². The first-order valence-electron chi connectivity index (χ1n) is 7.48. The number of aromatic nitrogens is 2. The normalized spacial score (nSPS) is 13.0. The highest BCUT2D eigenvalue weighted by molar-refractivity contribution is 6.10. The smallest absolute Gasteiger partial charge is 0.152 e. The maximum absolute atomic E-state index is 4.54. The van der Waals surface area contributed by atoms with E-state index in [4.69, 9.17) is 0 Å². The predicted molar refractivity (Wildman–Crippen MR) is 89.2 cm³/mol. The SMILES string of the molecule is CCc1nccc2cc(NC3=NCc4cccnc43)ccc12. The van der Waals surface area contributed by atoms with Crippen LogP contribution in [0, 0.1) is 0 Å². The Hall–Kier alpha value is -2.75. The molecule has 0 bridgehead atoms. The molecule has 0 atom stereocenters. The van der Waals surface area contributed by atoms with Crippen molar-refractivity contribution in [3.05, 3.63) is 65.7 Å². The molecule has 0 spiro atoms. The second kappa shape index (κ2) is 5.22. The summed E-state index contributed by atoms with van der Waals surface area (Å²) in [5, 5.41) is 5.80. The minimum absolute atomic E-state index is 0.697. The number of fused-ring (bicyclic) bond motifs is 2. The van der Waals surface area contributed by atoms with Gasteiger partial charge < -0.3 is 5.32 Å². The van der Waals surface area contributed by atoms with Gasteiger partial charge in [-0.1, -0.05) is 19.1 Å². The number of nitrogens with one attached hydrogen (secondary N) is 1. The van der Waals surface area contributed by atoms with E-state index in [1.165, 1.54) is 16.3 Å². The van der Waals surface area contributed by atoms with Gasteiger partial charge in [-0.05, 0) is 36.1 Å². The number of nitrogens with zero attached hydrogens (tertiary/aromatic N) is 3. The molecule has 4 heteroatoms. The zero-order valence-corrected chi connectivity index (χ0v) is 12.4. The lowest BCUT2D eigenvalue weighted by molar-refractivity contribution is 1.06. The van der Waals surface area contributed by atoms with E-state index < -0.39 is 0 Å². The fraction of sp³-hybridized carbons (Fsp3) is 0.167. The Balaban J connectivity index is 1.69. The number of aliphatic imine (C=N–C) groups is 1. The van der Waals surface area contributed by atoms with Crippen LogP contribution in [0.5, 0.6) is 0 Å². The lowest BCUT2D eigenvalue weighted by Crippen LogP contribution is -2.13. The summed E-state index contributed by atoms with van der Waals surface area (Å²) >= 11 is 0. The van der Waals surface area contributed by atoms with Crippen LogP contribution >= 0.6 is 0 Å². The molecule has 1 aliphatic heterocycles. The van der Waals surface area contributed by atoms with Gasteiger partial charge in [0, 0.05) is 34.7 Å². The summed E-state index contributed by atoms with van der Waals surface area (Å²) in [4.78, 5) is 13.4. The van der Waals surface area contributed by atoms with Gasteiger partial charge in [0.1, 0.15) is 5.69 Å². The quantitative estimate of drug-likeness (QED) is 0.784. The molecule has 0 aliphatic carbocycles. The summed E-state index contributed by atoms with van der Waals surface area (Å²) < 4.78 is 0.